The van der Waals surface area contributed by atoms with Gasteiger partial charge in [-0.25, -0.2) is 8.42 Å². The second-order valence-electron chi connectivity index (χ2n) is 5.27. The van der Waals surface area contributed by atoms with E-state index in [-0.39, 0.29) is 20.3 Å². The summed E-state index contributed by atoms with van der Waals surface area (Å²) in [6.07, 6.45) is 2.06. The van der Waals surface area contributed by atoms with Crippen LogP contribution in [0.4, 0.5) is 5.69 Å². The van der Waals surface area contributed by atoms with Gasteiger partial charge in [0.15, 0.2) is 4.34 Å². The van der Waals surface area contributed by atoms with Gasteiger partial charge in [-0.3, -0.25) is 10.1 Å². The Labute approximate surface area is 131 Å². The summed E-state index contributed by atoms with van der Waals surface area (Å²) < 4.78 is 26.4. The fourth-order valence-corrected chi connectivity index (χ4v) is 6.26. The topological polar surface area (TPSA) is 92.5 Å². The lowest BCUT2D eigenvalue weighted by Crippen LogP contribution is -2.41. The molecule has 3 rings (SSSR count). The molecule has 21 heavy (non-hydrogen) atoms. The fraction of sp³-hybridized carbons (Fsp3) is 0.636. The quantitative estimate of drug-likeness (QED) is 0.660. The monoisotopic (exact) mass is 351 g/mol. The number of nitrogens with zero attached hydrogens (tertiary/aromatic N) is 2. The standard InChI is InChI=1S/C11H14ClN3O4S2/c12-11-9(15(16)17)4-10(20-11)21(18,19)14-5-7-2-1-3-13-8(7)6-14/h4,7-8,13H,1-3,5-6H2/t7-,8+/m0/s1. The predicted molar refractivity (Wildman–Crippen MR) is 79.3 cm³/mol. The molecule has 0 radical (unpaired) electrons. The van der Waals surface area contributed by atoms with Crippen molar-refractivity contribution in [3.05, 3.63) is 20.5 Å². The van der Waals surface area contributed by atoms with Gasteiger partial charge >= 0.3 is 0 Å². The third-order valence-corrected chi connectivity index (χ3v) is 7.62. The molecule has 0 spiro atoms. The molecular formula is C11H14ClN3O4S2. The molecule has 10 heteroatoms. The van der Waals surface area contributed by atoms with E-state index in [2.05, 4.69) is 5.32 Å². The number of nitro groups is 1. The third-order valence-electron chi connectivity index (χ3n) is 4.00. The Kier molecular flexibility index (Phi) is 3.95. The van der Waals surface area contributed by atoms with Crippen LogP contribution in [-0.2, 0) is 10.0 Å². The summed E-state index contributed by atoms with van der Waals surface area (Å²) in [7, 11) is -3.71. The molecule has 7 nitrogen and oxygen atoms in total. The Morgan fingerprint density at radius 3 is 2.86 bits per heavy atom. The van der Waals surface area contributed by atoms with Crippen LogP contribution in [0.3, 0.4) is 0 Å². The van der Waals surface area contributed by atoms with Gasteiger partial charge in [0, 0.05) is 25.2 Å². The Balaban J connectivity index is 1.87. The van der Waals surface area contributed by atoms with Crippen LogP contribution >= 0.6 is 22.9 Å². The van der Waals surface area contributed by atoms with Crippen molar-refractivity contribution in [1.29, 1.82) is 0 Å². The van der Waals surface area contributed by atoms with Crippen LogP contribution < -0.4 is 5.32 Å². The summed E-state index contributed by atoms with van der Waals surface area (Å²) in [6.45, 7) is 1.78. The Bertz CT molecular complexity index is 661. The second-order valence-corrected chi connectivity index (χ2v) is 9.09. The van der Waals surface area contributed by atoms with E-state index in [0.717, 1.165) is 36.8 Å². The van der Waals surface area contributed by atoms with Gasteiger partial charge in [0.25, 0.3) is 15.7 Å². The largest absolute Gasteiger partial charge is 0.312 e. The van der Waals surface area contributed by atoms with Gasteiger partial charge in [-0.2, -0.15) is 4.31 Å². The van der Waals surface area contributed by atoms with E-state index < -0.39 is 14.9 Å². The SMILES string of the molecule is O=[N+]([O-])c1cc(S(=O)(=O)N2C[C@@H]3CCCN[C@@H]3C2)sc1Cl. The van der Waals surface area contributed by atoms with Crippen molar-refractivity contribution in [2.75, 3.05) is 19.6 Å². The second kappa shape index (κ2) is 5.47. The molecule has 1 aromatic rings. The first-order valence-corrected chi connectivity index (χ1v) is 9.20. The van der Waals surface area contributed by atoms with Crippen molar-refractivity contribution in [3.63, 3.8) is 0 Å². The Hall–Kier alpha value is -0.740. The van der Waals surface area contributed by atoms with Gasteiger partial charge in [0.05, 0.1) is 4.92 Å². The van der Waals surface area contributed by atoms with Crippen LogP contribution in [0.25, 0.3) is 0 Å². The fourth-order valence-electron chi connectivity index (χ4n) is 2.92. The highest BCUT2D eigenvalue weighted by atomic mass is 35.5. The van der Waals surface area contributed by atoms with E-state index in [9.17, 15) is 18.5 Å². The zero-order valence-electron chi connectivity index (χ0n) is 11.0. The van der Waals surface area contributed by atoms with E-state index in [1.54, 1.807) is 0 Å². The number of sulfonamides is 1. The van der Waals surface area contributed by atoms with E-state index in [1.165, 1.54) is 4.31 Å². The van der Waals surface area contributed by atoms with E-state index >= 15 is 0 Å². The molecule has 0 aromatic carbocycles. The molecule has 0 amide bonds. The minimum atomic E-state index is -3.71. The lowest BCUT2D eigenvalue weighted by molar-refractivity contribution is -0.384. The minimum Gasteiger partial charge on any atom is -0.312 e. The number of fused-ring (bicyclic) bond motifs is 1. The van der Waals surface area contributed by atoms with Crippen LogP contribution in [-0.4, -0.2) is 43.3 Å². The molecule has 2 atom stereocenters. The summed E-state index contributed by atoms with van der Waals surface area (Å²) >= 11 is 6.50. The molecule has 0 unspecified atom stereocenters. The number of halogens is 1. The summed E-state index contributed by atoms with van der Waals surface area (Å²) in [5.74, 6) is 0.318. The van der Waals surface area contributed by atoms with Gasteiger partial charge in [0.1, 0.15) is 4.21 Å². The van der Waals surface area contributed by atoms with Gasteiger partial charge in [-0.15, -0.1) is 11.3 Å². The Morgan fingerprint density at radius 1 is 1.48 bits per heavy atom. The molecule has 0 bridgehead atoms. The van der Waals surface area contributed by atoms with Crippen LogP contribution in [0.15, 0.2) is 10.3 Å². The van der Waals surface area contributed by atoms with Crippen molar-refractivity contribution in [2.24, 2.45) is 5.92 Å². The van der Waals surface area contributed by atoms with Crippen LogP contribution in [0.1, 0.15) is 12.8 Å². The summed E-state index contributed by atoms with van der Waals surface area (Å²) in [4.78, 5) is 10.1. The van der Waals surface area contributed by atoms with E-state index in [0.29, 0.717) is 19.0 Å². The van der Waals surface area contributed by atoms with Crippen molar-refractivity contribution >= 4 is 38.6 Å². The molecule has 2 fully saturated rings. The molecule has 2 aliphatic heterocycles. The molecule has 0 aliphatic carbocycles. The van der Waals surface area contributed by atoms with Crippen molar-refractivity contribution < 1.29 is 13.3 Å². The van der Waals surface area contributed by atoms with Crippen LogP contribution in [0, 0.1) is 16.0 Å². The molecule has 3 heterocycles. The number of hydrogen-bond acceptors (Lipinski definition) is 6. The van der Waals surface area contributed by atoms with Gasteiger partial charge in [-0.05, 0) is 25.3 Å². The molecule has 1 N–H and O–H groups in total. The highest BCUT2D eigenvalue weighted by Crippen LogP contribution is 2.39. The lowest BCUT2D eigenvalue weighted by Gasteiger charge is -2.24. The third kappa shape index (κ3) is 2.68. The first-order chi connectivity index (χ1) is 9.89. The molecule has 116 valence electrons. The summed E-state index contributed by atoms with van der Waals surface area (Å²) in [5.41, 5.74) is -0.352. The smallest absolute Gasteiger partial charge is 0.300 e. The minimum absolute atomic E-state index is 0.0575. The highest BCUT2D eigenvalue weighted by molar-refractivity contribution is 7.91. The highest BCUT2D eigenvalue weighted by Gasteiger charge is 2.41. The zero-order chi connectivity index (χ0) is 15.2. The zero-order valence-corrected chi connectivity index (χ0v) is 13.4. The molecule has 0 saturated carbocycles. The maximum atomic E-state index is 12.6. The summed E-state index contributed by atoms with van der Waals surface area (Å²) in [5, 5.41) is 14.1. The average Bonchev–Trinajstić information content (AvgIpc) is 3.02. The maximum Gasteiger partial charge on any atom is 0.300 e. The molecular weight excluding hydrogens is 338 g/mol. The first-order valence-electron chi connectivity index (χ1n) is 6.57. The predicted octanol–water partition coefficient (Wildman–Crippen LogP) is 1.68. The normalized spacial score (nSPS) is 26.7. The lowest BCUT2D eigenvalue weighted by atomic mass is 9.94. The number of piperidine rings is 1. The number of thiophene rings is 1. The summed E-state index contributed by atoms with van der Waals surface area (Å²) in [6, 6.07) is 1.23. The van der Waals surface area contributed by atoms with Gasteiger partial charge in [-0.1, -0.05) is 11.6 Å². The van der Waals surface area contributed by atoms with E-state index in [1.807, 2.05) is 0 Å². The van der Waals surface area contributed by atoms with E-state index in [4.69, 9.17) is 11.6 Å². The number of rotatable bonds is 3. The van der Waals surface area contributed by atoms with Crippen LogP contribution in [0.2, 0.25) is 4.34 Å². The van der Waals surface area contributed by atoms with Crippen molar-refractivity contribution in [3.8, 4) is 0 Å². The molecule has 1 aromatic heterocycles. The Morgan fingerprint density at radius 2 is 2.24 bits per heavy atom. The first kappa shape index (κ1) is 15.2. The molecule has 2 aliphatic rings. The van der Waals surface area contributed by atoms with Gasteiger partial charge < -0.3 is 5.32 Å². The van der Waals surface area contributed by atoms with Crippen molar-refractivity contribution in [2.45, 2.75) is 23.1 Å². The van der Waals surface area contributed by atoms with Gasteiger partial charge in [0.2, 0.25) is 0 Å². The van der Waals surface area contributed by atoms with Crippen molar-refractivity contribution in [1.82, 2.24) is 9.62 Å². The van der Waals surface area contributed by atoms with Crippen LogP contribution in [0.5, 0.6) is 0 Å². The number of hydrogen-bond donors (Lipinski definition) is 1. The number of nitrogens with one attached hydrogen (secondary N) is 1. The maximum absolute atomic E-state index is 12.6. The molecule has 2 saturated heterocycles. The average molecular weight is 352 g/mol.